The molecule has 34 heavy (non-hydrogen) atoms. The van der Waals surface area contributed by atoms with Crippen LogP contribution in [-0.2, 0) is 9.59 Å². The minimum atomic E-state index is -0.936. The number of halogens is 2. The molecule has 0 saturated heterocycles. The number of ether oxygens (including phenoxy) is 2. The van der Waals surface area contributed by atoms with Crippen molar-refractivity contribution in [2.45, 2.75) is 6.92 Å². The van der Waals surface area contributed by atoms with Gasteiger partial charge in [-0.15, -0.1) is 0 Å². The van der Waals surface area contributed by atoms with E-state index in [9.17, 15) is 14.4 Å². The topological polar surface area (TPSA) is 106 Å². The molecule has 0 aliphatic carbocycles. The second kappa shape index (κ2) is 11.3. The van der Waals surface area contributed by atoms with Crippen LogP contribution in [0, 0.1) is 6.92 Å². The molecule has 174 valence electrons. The average molecular weight is 500 g/mol. The van der Waals surface area contributed by atoms with Crippen molar-refractivity contribution < 1.29 is 23.9 Å². The lowest BCUT2D eigenvalue weighted by Gasteiger charge is -2.10. The highest BCUT2D eigenvalue weighted by Crippen LogP contribution is 2.30. The molecule has 0 radical (unpaired) electrons. The summed E-state index contributed by atoms with van der Waals surface area (Å²) in [7, 11) is 1.40. The number of hydrogen-bond acceptors (Lipinski definition) is 6. The van der Waals surface area contributed by atoms with Crippen LogP contribution in [0.3, 0.4) is 0 Å². The van der Waals surface area contributed by atoms with Crippen LogP contribution < -0.4 is 20.2 Å². The molecule has 8 nitrogen and oxygen atoms in total. The number of carbonyl (C=O) groups is 3. The standard InChI is InChI=1S/C24H19Cl2N3O5/c1-14-3-7-17(8-4-14)28-22(30)23(31)29-27-13-15-5-10-20(21(11-15)33-2)34-24(32)18-9-6-16(25)12-19(18)26/h3-13H,1-2H3,(H,28,30)(H,29,31)/b27-13-. The third kappa shape index (κ3) is 6.57. The molecule has 0 aliphatic heterocycles. The van der Waals surface area contributed by atoms with Gasteiger partial charge in [0.15, 0.2) is 11.5 Å². The zero-order chi connectivity index (χ0) is 24.7. The Balaban J connectivity index is 1.62. The first-order valence-corrected chi connectivity index (χ1v) is 10.6. The number of esters is 1. The van der Waals surface area contributed by atoms with Gasteiger partial charge in [-0.25, -0.2) is 10.2 Å². The van der Waals surface area contributed by atoms with Crippen LogP contribution in [0.25, 0.3) is 0 Å². The Labute approximate surface area is 205 Å². The number of amides is 2. The number of carbonyl (C=O) groups excluding carboxylic acids is 3. The average Bonchev–Trinajstić information content (AvgIpc) is 2.81. The monoisotopic (exact) mass is 499 g/mol. The van der Waals surface area contributed by atoms with Gasteiger partial charge < -0.3 is 14.8 Å². The molecule has 0 atom stereocenters. The third-order valence-electron chi connectivity index (χ3n) is 4.44. The maximum absolute atomic E-state index is 12.4. The number of nitrogens with one attached hydrogen (secondary N) is 2. The number of aryl methyl sites for hydroxylation is 1. The highest BCUT2D eigenvalue weighted by atomic mass is 35.5. The van der Waals surface area contributed by atoms with E-state index >= 15 is 0 Å². The van der Waals surface area contributed by atoms with Crippen LogP contribution in [0.15, 0.2) is 65.8 Å². The van der Waals surface area contributed by atoms with Crippen molar-refractivity contribution in [1.82, 2.24) is 5.43 Å². The maximum Gasteiger partial charge on any atom is 0.345 e. The van der Waals surface area contributed by atoms with Gasteiger partial charge in [-0.2, -0.15) is 5.10 Å². The highest BCUT2D eigenvalue weighted by Gasteiger charge is 2.16. The first-order chi connectivity index (χ1) is 16.3. The molecular weight excluding hydrogens is 481 g/mol. The van der Waals surface area contributed by atoms with E-state index in [-0.39, 0.29) is 22.1 Å². The number of methoxy groups -OCH3 is 1. The van der Waals surface area contributed by atoms with Crippen molar-refractivity contribution in [1.29, 1.82) is 0 Å². The lowest BCUT2D eigenvalue weighted by molar-refractivity contribution is -0.136. The Morgan fingerprint density at radius 2 is 1.65 bits per heavy atom. The van der Waals surface area contributed by atoms with E-state index < -0.39 is 17.8 Å². The van der Waals surface area contributed by atoms with Crippen LogP contribution in [-0.4, -0.2) is 31.1 Å². The van der Waals surface area contributed by atoms with Gasteiger partial charge in [0.05, 0.1) is 23.9 Å². The lowest BCUT2D eigenvalue weighted by Crippen LogP contribution is -2.32. The molecule has 0 saturated carbocycles. The molecule has 3 aromatic carbocycles. The van der Waals surface area contributed by atoms with Crippen LogP contribution in [0.2, 0.25) is 10.0 Å². The lowest BCUT2D eigenvalue weighted by atomic mass is 10.2. The van der Waals surface area contributed by atoms with Crippen molar-refractivity contribution in [3.05, 3.63) is 87.4 Å². The van der Waals surface area contributed by atoms with E-state index in [4.69, 9.17) is 32.7 Å². The summed E-state index contributed by atoms with van der Waals surface area (Å²) < 4.78 is 10.6. The summed E-state index contributed by atoms with van der Waals surface area (Å²) in [6, 6.07) is 16.0. The van der Waals surface area contributed by atoms with E-state index in [2.05, 4.69) is 15.8 Å². The Morgan fingerprint density at radius 3 is 2.32 bits per heavy atom. The highest BCUT2D eigenvalue weighted by molar-refractivity contribution is 6.39. The molecule has 2 amide bonds. The third-order valence-corrected chi connectivity index (χ3v) is 4.98. The molecule has 0 unspecified atom stereocenters. The minimum absolute atomic E-state index is 0.144. The van der Waals surface area contributed by atoms with Gasteiger partial charge in [0, 0.05) is 10.7 Å². The second-order valence-electron chi connectivity index (χ2n) is 6.94. The Bertz CT molecular complexity index is 1260. The summed E-state index contributed by atoms with van der Waals surface area (Å²) in [6.07, 6.45) is 1.31. The van der Waals surface area contributed by atoms with Crippen LogP contribution in [0.1, 0.15) is 21.5 Å². The van der Waals surface area contributed by atoms with Gasteiger partial charge in [0.1, 0.15) is 0 Å². The van der Waals surface area contributed by atoms with Crippen molar-refractivity contribution in [2.75, 3.05) is 12.4 Å². The van der Waals surface area contributed by atoms with Gasteiger partial charge in [0.2, 0.25) is 0 Å². The summed E-state index contributed by atoms with van der Waals surface area (Å²) in [5.41, 5.74) is 4.32. The molecule has 3 aromatic rings. The number of benzene rings is 3. The number of hydrazone groups is 1. The SMILES string of the molecule is COc1cc(/C=N\NC(=O)C(=O)Nc2ccc(C)cc2)ccc1OC(=O)c1ccc(Cl)cc1Cl. The second-order valence-corrected chi connectivity index (χ2v) is 7.79. The zero-order valence-corrected chi connectivity index (χ0v) is 19.6. The van der Waals surface area contributed by atoms with E-state index in [1.165, 1.54) is 43.7 Å². The molecule has 0 aromatic heterocycles. The summed E-state index contributed by atoms with van der Waals surface area (Å²) in [5, 5.41) is 6.79. The molecule has 0 aliphatic rings. The number of nitrogens with zero attached hydrogens (tertiary/aromatic N) is 1. The minimum Gasteiger partial charge on any atom is -0.493 e. The smallest absolute Gasteiger partial charge is 0.345 e. The molecule has 0 heterocycles. The fourth-order valence-electron chi connectivity index (χ4n) is 2.70. The summed E-state index contributed by atoms with van der Waals surface area (Å²) in [4.78, 5) is 36.4. The van der Waals surface area contributed by atoms with Gasteiger partial charge in [-0.3, -0.25) is 9.59 Å². The maximum atomic E-state index is 12.4. The first-order valence-electron chi connectivity index (χ1n) is 9.83. The zero-order valence-electron chi connectivity index (χ0n) is 18.1. The Kier molecular flexibility index (Phi) is 8.24. The molecule has 3 rings (SSSR count). The van der Waals surface area contributed by atoms with E-state index in [1.54, 1.807) is 18.2 Å². The van der Waals surface area contributed by atoms with E-state index in [1.807, 2.05) is 19.1 Å². The predicted octanol–water partition coefficient (Wildman–Crippen LogP) is 4.62. The molecule has 10 heteroatoms. The fourth-order valence-corrected chi connectivity index (χ4v) is 3.19. The van der Waals surface area contributed by atoms with E-state index in [0.717, 1.165) is 5.56 Å². The molecule has 0 bridgehead atoms. The molecule has 0 spiro atoms. The van der Waals surface area contributed by atoms with Crippen molar-refractivity contribution in [2.24, 2.45) is 5.10 Å². The summed E-state index contributed by atoms with van der Waals surface area (Å²) >= 11 is 11.9. The van der Waals surface area contributed by atoms with Gasteiger partial charge in [0.25, 0.3) is 0 Å². The number of rotatable bonds is 6. The number of anilines is 1. The fraction of sp³-hybridized carbons (Fsp3) is 0.0833. The number of hydrogen-bond donors (Lipinski definition) is 2. The summed E-state index contributed by atoms with van der Waals surface area (Å²) in [5.74, 6) is -2.09. The molecule has 2 N–H and O–H groups in total. The Hall–Kier alpha value is -3.88. The van der Waals surface area contributed by atoms with Crippen LogP contribution in [0.4, 0.5) is 5.69 Å². The normalized spacial score (nSPS) is 10.6. The van der Waals surface area contributed by atoms with Crippen LogP contribution in [0.5, 0.6) is 11.5 Å². The van der Waals surface area contributed by atoms with Gasteiger partial charge >= 0.3 is 17.8 Å². The van der Waals surface area contributed by atoms with Crippen LogP contribution >= 0.6 is 23.2 Å². The molecular formula is C24H19Cl2N3O5. The quantitative estimate of drug-likeness (QED) is 0.169. The van der Waals surface area contributed by atoms with Gasteiger partial charge in [-0.1, -0.05) is 40.9 Å². The molecule has 0 fully saturated rings. The summed E-state index contributed by atoms with van der Waals surface area (Å²) in [6.45, 7) is 1.91. The van der Waals surface area contributed by atoms with Crippen molar-refractivity contribution in [3.8, 4) is 11.5 Å². The van der Waals surface area contributed by atoms with Gasteiger partial charge in [-0.05, 0) is 61.0 Å². The first kappa shape index (κ1) is 24.8. The van der Waals surface area contributed by atoms with E-state index in [0.29, 0.717) is 16.3 Å². The predicted molar refractivity (Wildman–Crippen MR) is 130 cm³/mol. The largest absolute Gasteiger partial charge is 0.493 e. The van der Waals surface area contributed by atoms with Crippen molar-refractivity contribution >= 4 is 52.9 Å². The van der Waals surface area contributed by atoms with Crippen molar-refractivity contribution in [3.63, 3.8) is 0 Å². The Morgan fingerprint density at radius 1 is 0.912 bits per heavy atom.